The number of hydrogen-bond acceptors (Lipinski definition) is 6. The Kier molecular flexibility index (Phi) is 10.6. The molecule has 1 rings (SSSR count). The van der Waals surface area contributed by atoms with E-state index in [1.807, 2.05) is 26.0 Å². The van der Waals surface area contributed by atoms with E-state index < -0.39 is 23.2 Å². The van der Waals surface area contributed by atoms with Crippen molar-refractivity contribution in [2.24, 2.45) is 11.8 Å². The second-order valence-electron chi connectivity index (χ2n) is 7.31. The summed E-state index contributed by atoms with van der Waals surface area (Å²) in [5.41, 5.74) is 0.886. The minimum absolute atomic E-state index is 0.0214. The number of thiol groups is 1. The molecule has 3 atom stereocenters. The molecule has 0 spiro atoms. The highest BCUT2D eigenvalue weighted by Crippen LogP contribution is 2.23. The maximum absolute atomic E-state index is 13.0. The van der Waals surface area contributed by atoms with Crippen LogP contribution >= 0.6 is 12.6 Å². The Balaban J connectivity index is 2.95. The standard InChI is InChI=1S/C21H32N2O5S/c1-13(2)10-16(18(29)12-19(24)28-5)20(25)23-17(21(26)22-3)11-14-6-8-15(27-4)9-7-14/h6-9,13,16-18,29H,10-12H2,1-5H3,(H,22,26)(H,23,25). The highest BCUT2D eigenvalue weighted by molar-refractivity contribution is 7.81. The molecular weight excluding hydrogens is 392 g/mol. The SMILES string of the molecule is CNC(=O)C(Cc1ccc(OC)cc1)NC(=O)C(CC(C)C)C(S)CC(=O)OC. The van der Waals surface area contributed by atoms with Crippen LogP contribution in [0.25, 0.3) is 0 Å². The lowest BCUT2D eigenvalue weighted by atomic mass is 9.91. The Morgan fingerprint density at radius 2 is 1.69 bits per heavy atom. The zero-order chi connectivity index (χ0) is 22.0. The summed E-state index contributed by atoms with van der Waals surface area (Å²) in [5, 5.41) is 4.93. The zero-order valence-corrected chi connectivity index (χ0v) is 18.6. The average Bonchev–Trinajstić information content (AvgIpc) is 2.70. The number of nitrogens with one attached hydrogen (secondary N) is 2. The predicted octanol–water partition coefficient (Wildman–Crippen LogP) is 1.99. The molecule has 0 heterocycles. The van der Waals surface area contributed by atoms with Crippen molar-refractivity contribution in [2.45, 2.75) is 44.4 Å². The van der Waals surface area contributed by atoms with Crippen LogP contribution in [0.4, 0.5) is 0 Å². The molecule has 0 aliphatic heterocycles. The van der Waals surface area contributed by atoms with E-state index in [1.165, 1.54) is 14.2 Å². The fraction of sp³-hybridized carbons (Fsp3) is 0.571. The molecule has 2 N–H and O–H groups in total. The fourth-order valence-corrected chi connectivity index (χ4v) is 3.41. The number of hydrogen-bond donors (Lipinski definition) is 3. The summed E-state index contributed by atoms with van der Waals surface area (Å²) in [6, 6.07) is 6.57. The monoisotopic (exact) mass is 424 g/mol. The van der Waals surface area contributed by atoms with Gasteiger partial charge in [-0.2, -0.15) is 12.6 Å². The summed E-state index contributed by atoms with van der Waals surface area (Å²) in [6.45, 7) is 3.99. The predicted molar refractivity (Wildman–Crippen MR) is 115 cm³/mol. The van der Waals surface area contributed by atoms with E-state index >= 15 is 0 Å². The summed E-state index contributed by atoms with van der Waals surface area (Å²) in [6.07, 6.45) is 0.894. The lowest BCUT2D eigenvalue weighted by Crippen LogP contribution is -2.50. The molecule has 7 nitrogen and oxygen atoms in total. The van der Waals surface area contributed by atoms with Gasteiger partial charge in [0.25, 0.3) is 0 Å². The van der Waals surface area contributed by atoms with Crippen molar-refractivity contribution in [2.75, 3.05) is 21.3 Å². The highest BCUT2D eigenvalue weighted by atomic mass is 32.1. The van der Waals surface area contributed by atoms with Crippen molar-refractivity contribution >= 4 is 30.4 Å². The summed E-state index contributed by atoms with van der Waals surface area (Å²) in [5.74, 6) is -0.607. The molecular formula is C21H32N2O5S. The Morgan fingerprint density at radius 3 is 2.17 bits per heavy atom. The summed E-state index contributed by atoms with van der Waals surface area (Å²) in [4.78, 5) is 37.0. The zero-order valence-electron chi connectivity index (χ0n) is 17.7. The van der Waals surface area contributed by atoms with Crippen LogP contribution in [0.15, 0.2) is 24.3 Å². The molecule has 0 saturated carbocycles. The Bertz CT molecular complexity index is 678. The van der Waals surface area contributed by atoms with Crippen LogP contribution in [0.2, 0.25) is 0 Å². The third-order valence-corrected chi connectivity index (χ3v) is 5.15. The molecule has 0 aromatic heterocycles. The van der Waals surface area contributed by atoms with E-state index in [-0.39, 0.29) is 24.2 Å². The number of carbonyl (C=O) groups is 3. The van der Waals surface area contributed by atoms with Crippen LogP contribution in [-0.2, 0) is 25.5 Å². The van der Waals surface area contributed by atoms with Gasteiger partial charge in [0.2, 0.25) is 11.8 Å². The molecule has 8 heteroatoms. The first kappa shape index (κ1) is 24.8. The van der Waals surface area contributed by atoms with Gasteiger partial charge in [-0.3, -0.25) is 14.4 Å². The van der Waals surface area contributed by atoms with Gasteiger partial charge in [0.15, 0.2) is 0 Å². The van der Waals surface area contributed by atoms with Crippen LogP contribution in [0.3, 0.4) is 0 Å². The van der Waals surface area contributed by atoms with Crippen LogP contribution < -0.4 is 15.4 Å². The number of likely N-dealkylation sites (N-methyl/N-ethyl adjacent to an activating group) is 1. The van der Waals surface area contributed by atoms with E-state index in [9.17, 15) is 14.4 Å². The van der Waals surface area contributed by atoms with Crippen molar-refractivity contribution in [1.82, 2.24) is 10.6 Å². The minimum Gasteiger partial charge on any atom is -0.497 e. The van der Waals surface area contributed by atoms with E-state index in [2.05, 4.69) is 23.3 Å². The molecule has 0 radical (unpaired) electrons. The van der Waals surface area contributed by atoms with Gasteiger partial charge in [0.05, 0.1) is 26.6 Å². The largest absolute Gasteiger partial charge is 0.497 e. The first-order chi connectivity index (χ1) is 13.7. The number of esters is 1. The lowest BCUT2D eigenvalue weighted by Gasteiger charge is -2.26. The molecule has 1 aromatic rings. The van der Waals surface area contributed by atoms with E-state index in [0.717, 1.165) is 5.56 Å². The maximum Gasteiger partial charge on any atom is 0.306 e. The maximum atomic E-state index is 13.0. The second kappa shape index (κ2) is 12.4. The third-order valence-electron chi connectivity index (χ3n) is 4.61. The quantitative estimate of drug-likeness (QED) is 0.373. The summed E-state index contributed by atoms with van der Waals surface area (Å²) >= 11 is 4.47. The van der Waals surface area contributed by atoms with Gasteiger partial charge in [-0.1, -0.05) is 26.0 Å². The van der Waals surface area contributed by atoms with Crippen molar-refractivity contribution in [3.05, 3.63) is 29.8 Å². The van der Waals surface area contributed by atoms with E-state index in [1.54, 1.807) is 19.2 Å². The number of amides is 2. The third kappa shape index (κ3) is 8.35. The van der Waals surface area contributed by atoms with Crippen LogP contribution in [0.5, 0.6) is 5.75 Å². The summed E-state index contributed by atoms with van der Waals surface area (Å²) in [7, 11) is 4.41. The van der Waals surface area contributed by atoms with Gasteiger partial charge in [-0.05, 0) is 30.0 Å². The number of rotatable bonds is 11. The second-order valence-corrected chi connectivity index (χ2v) is 7.97. The Morgan fingerprint density at radius 1 is 1.07 bits per heavy atom. The number of benzene rings is 1. The molecule has 0 fully saturated rings. The normalized spacial score (nSPS) is 13.9. The van der Waals surface area contributed by atoms with Gasteiger partial charge in [-0.15, -0.1) is 0 Å². The molecule has 162 valence electrons. The molecule has 29 heavy (non-hydrogen) atoms. The van der Waals surface area contributed by atoms with E-state index in [4.69, 9.17) is 9.47 Å². The van der Waals surface area contributed by atoms with Crippen molar-refractivity contribution in [3.8, 4) is 5.75 Å². The molecule has 3 unspecified atom stereocenters. The average molecular weight is 425 g/mol. The van der Waals surface area contributed by atoms with Gasteiger partial charge in [0, 0.05) is 18.7 Å². The first-order valence-corrected chi connectivity index (χ1v) is 10.1. The fourth-order valence-electron chi connectivity index (χ4n) is 3.00. The molecule has 1 aromatic carbocycles. The molecule has 2 amide bonds. The van der Waals surface area contributed by atoms with Gasteiger partial charge < -0.3 is 20.1 Å². The van der Waals surface area contributed by atoms with Crippen LogP contribution in [0.1, 0.15) is 32.3 Å². The van der Waals surface area contributed by atoms with Crippen LogP contribution in [0, 0.1) is 11.8 Å². The highest BCUT2D eigenvalue weighted by Gasteiger charge is 2.31. The van der Waals surface area contributed by atoms with Crippen LogP contribution in [-0.4, -0.2) is 50.3 Å². The van der Waals surface area contributed by atoms with Gasteiger partial charge >= 0.3 is 5.97 Å². The van der Waals surface area contributed by atoms with Gasteiger partial charge in [0.1, 0.15) is 11.8 Å². The topological polar surface area (TPSA) is 93.7 Å². The number of carbonyl (C=O) groups excluding carboxylic acids is 3. The molecule has 0 aliphatic carbocycles. The number of methoxy groups -OCH3 is 2. The first-order valence-electron chi connectivity index (χ1n) is 9.61. The molecule has 0 aliphatic rings. The van der Waals surface area contributed by atoms with E-state index in [0.29, 0.717) is 18.6 Å². The molecule has 0 saturated heterocycles. The Hall–Kier alpha value is -2.22. The Labute approximate surface area is 178 Å². The van der Waals surface area contributed by atoms with Crippen molar-refractivity contribution in [1.29, 1.82) is 0 Å². The summed E-state index contributed by atoms with van der Waals surface area (Å²) < 4.78 is 9.84. The minimum atomic E-state index is -0.741. The van der Waals surface area contributed by atoms with Crippen molar-refractivity contribution in [3.63, 3.8) is 0 Å². The smallest absolute Gasteiger partial charge is 0.306 e. The van der Waals surface area contributed by atoms with Crippen molar-refractivity contribution < 1.29 is 23.9 Å². The number of ether oxygens (including phenoxy) is 2. The molecule has 0 bridgehead atoms. The lowest BCUT2D eigenvalue weighted by molar-refractivity contribution is -0.141. The van der Waals surface area contributed by atoms with Gasteiger partial charge in [-0.25, -0.2) is 0 Å².